The smallest absolute Gasteiger partial charge is 0.137 e. The molecule has 0 aliphatic carbocycles. The number of piperidine rings is 1. The van der Waals surface area contributed by atoms with Gasteiger partial charge in [-0.25, -0.2) is 0 Å². The van der Waals surface area contributed by atoms with Crippen molar-refractivity contribution in [3.8, 4) is 0 Å². The molecule has 0 spiro atoms. The summed E-state index contributed by atoms with van der Waals surface area (Å²) in [5.41, 5.74) is 0. The van der Waals surface area contributed by atoms with E-state index in [2.05, 4.69) is 19.2 Å². The van der Waals surface area contributed by atoms with Gasteiger partial charge in [-0.1, -0.05) is 39.5 Å². The number of carbonyl (C=O) groups excluding carboxylic acids is 1. The van der Waals surface area contributed by atoms with E-state index in [1.807, 2.05) is 0 Å². The second-order valence-electron chi connectivity index (χ2n) is 5.13. The normalized spacial score (nSPS) is 23.0. The van der Waals surface area contributed by atoms with Gasteiger partial charge in [-0.05, 0) is 25.3 Å². The van der Waals surface area contributed by atoms with E-state index in [4.69, 9.17) is 0 Å². The monoisotopic (exact) mass is 225 g/mol. The van der Waals surface area contributed by atoms with Gasteiger partial charge in [0.2, 0.25) is 0 Å². The zero-order valence-corrected chi connectivity index (χ0v) is 10.9. The maximum atomic E-state index is 12.1. The Morgan fingerprint density at radius 1 is 1.44 bits per heavy atom. The molecule has 0 saturated carbocycles. The van der Waals surface area contributed by atoms with E-state index in [-0.39, 0.29) is 0 Å². The minimum atomic E-state index is 0.310. The van der Waals surface area contributed by atoms with E-state index >= 15 is 0 Å². The first kappa shape index (κ1) is 13.7. The van der Waals surface area contributed by atoms with Crippen LogP contribution in [-0.2, 0) is 4.79 Å². The van der Waals surface area contributed by atoms with Gasteiger partial charge < -0.3 is 5.32 Å². The van der Waals surface area contributed by atoms with Crippen molar-refractivity contribution >= 4 is 5.78 Å². The number of hydrogen-bond donors (Lipinski definition) is 1. The van der Waals surface area contributed by atoms with Gasteiger partial charge in [0, 0.05) is 18.9 Å². The summed E-state index contributed by atoms with van der Waals surface area (Å²) in [6.45, 7) is 6.45. The van der Waals surface area contributed by atoms with Gasteiger partial charge in [-0.2, -0.15) is 0 Å². The van der Waals surface area contributed by atoms with Crippen LogP contribution >= 0.6 is 0 Å². The van der Waals surface area contributed by atoms with Gasteiger partial charge in [0.15, 0.2) is 0 Å². The number of hydrogen-bond acceptors (Lipinski definition) is 2. The predicted molar refractivity (Wildman–Crippen MR) is 68.5 cm³/mol. The van der Waals surface area contributed by atoms with Gasteiger partial charge in [0.1, 0.15) is 5.78 Å². The Morgan fingerprint density at radius 3 is 2.81 bits per heavy atom. The number of rotatable bonds is 7. The number of ketones is 1. The van der Waals surface area contributed by atoms with E-state index in [1.165, 1.54) is 25.7 Å². The first-order valence-corrected chi connectivity index (χ1v) is 7.01. The quantitative estimate of drug-likeness (QED) is 0.721. The third-order valence-corrected chi connectivity index (χ3v) is 3.79. The van der Waals surface area contributed by atoms with E-state index in [9.17, 15) is 4.79 Å². The molecule has 16 heavy (non-hydrogen) atoms. The number of nitrogens with one attached hydrogen (secondary N) is 1. The van der Waals surface area contributed by atoms with Crippen molar-refractivity contribution in [3.05, 3.63) is 0 Å². The molecule has 1 fully saturated rings. The second-order valence-corrected chi connectivity index (χ2v) is 5.13. The molecule has 1 N–H and O–H groups in total. The first-order chi connectivity index (χ1) is 7.77. The van der Waals surface area contributed by atoms with Gasteiger partial charge in [0.25, 0.3) is 0 Å². The largest absolute Gasteiger partial charge is 0.316 e. The number of carbonyl (C=O) groups is 1. The molecule has 0 radical (unpaired) electrons. The summed E-state index contributed by atoms with van der Waals surface area (Å²) < 4.78 is 0. The van der Waals surface area contributed by atoms with E-state index in [0.29, 0.717) is 17.6 Å². The summed E-state index contributed by atoms with van der Waals surface area (Å²) >= 11 is 0. The predicted octanol–water partition coefficient (Wildman–Crippen LogP) is 3.16. The maximum absolute atomic E-state index is 12.1. The molecule has 94 valence electrons. The molecule has 0 aromatic rings. The van der Waals surface area contributed by atoms with Crippen molar-refractivity contribution in [1.29, 1.82) is 0 Å². The highest BCUT2D eigenvalue weighted by Crippen LogP contribution is 2.21. The van der Waals surface area contributed by atoms with Crippen LogP contribution in [0.5, 0.6) is 0 Å². The molecule has 1 heterocycles. The minimum Gasteiger partial charge on any atom is -0.316 e. The fourth-order valence-corrected chi connectivity index (χ4v) is 2.52. The van der Waals surface area contributed by atoms with Gasteiger partial charge in [-0.3, -0.25) is 4.79 Å². The van der Waals surface area contributed by atoms with Crippen molar-refractivity contribution in [3.63, 3.8) is 0 Å². The molecule has 1 aliphatic heterocycles. The summed E-state index contributed by atoms with van der Waals surface area (Å²) in [5.74, 6) is 1.45. The summed E-state index contributed by atoms with van der Waals surface area (Å²) in [6, 6.07) is 0. The Kier molecular flexibility index (Phi) is 6.70. The lowest BCUT2D eigenvalue weighted by Crippen LogP contribution is -2.35. The third kappa shape index (κ3) is 4.65. The Hall–Kier alpha value is -0.370. The summed E-state index contributed by atoms with van der Waals surface area (Å²) in [4.78, 5) is 12.1. The van der Waals surface area contributed by atoms with E-state index in [1.54, 1.807) is 0 Å². The molecule has 1 rings (SSSR count). The Labute approximate surface area is 100 Å². The zero-order chi connectivity index (χ0) is 11.8. The van der Waals surface area contributed by atoms with Crippen LogP contribution < -0.4 is 5.32 Å². The van der Waals surface area contributed by atoms with E-state index in [0.717, 1.165) is 32.4 Å². The molecule has 0 aromatic heterocycles. The van der Waals surface area contributed by atoms with Crippen molar-refractivity contribution in [2.45, 2.75) is 58.8 Å². The van der Waals surface area contributed by atoms with Crippen LogP contribution in [0, 0.1) is 11.8 Å². The topological polar surface area (TPSA) is 29.1 Å². The summed E-state index contributed by atoms with van der Waals surface area (Å²) in [6.07, 6.45) is 8.01. The SMILES string of the molecule is CCCCC(CC)CC(=O)C1CCCNC1. The molecule has 2 atom stereocenters. The second kappa shape index (κ2) is 7.83. The highest BCUT2D eigenvalue weighted by Gasteiger charge is 2.22. The maximum Gasteiger partial charge on any atom is 0.137 e. The van der Waals surface area contributed by atoms with E-state index < -0.39 is 0 Å². The van der Waals surface area contributed by atoms with Crippen LogP contribution in [0.3, 0.4) is 0 Å². The lowest BCUT2D eigenvalue weighted by molar-refractivity contribution is -0.124. The Bertz CT molecular complexity index is 197. The van der Waals surface area contributed by atoms with Crippen molar-refractivity contribution < 1.29 is 4.79 Å². The number of unbranched alkanes of at least 4 members (excludes halogenated alkanes) is 1. The Morgan fingerprint density at radius 2 is 2.25 bits per heavy atom. The lowest BCUT2D eigenvalue weighted by atomic mass is 9.86. The molecule has 1 aliphatic rings. The molecule has 0 aromatic carbocycles. The third-order valence-electron chi connectivity index (χ3n) is 3.79. The van der Waals surface area contributed by atoms with Crippen LogP contribution in [0.4, 0.5) is 0 Å². The standard InChI is InChI=1S/C14H27NO/c1-3-5-7-12(4-2)10-14(16)13-8-6-9-15-11-13/h12-13,15H,3-11H2,1-2H3. The van der Waals surface area contributed by atoms with Gasteiger partial charge in [-0.15, -0.1) is 0 Å². The fraction of sp³-hybridized carbons (Fsp3) is 0.929. The van der Waals surface area contributed by atoms with Crippen molar-refractivity contribution in [1.82, 2.24) is 5.32 Å². The Balaban J connectivity index is 2.29. The van der Waals surface area contributed by atoms with Crippen LogP contribution in [0.2, 0.25) is 0 Å². The first-order valence-electron chi connectivity index (χ1n) is 7.01. The molecular weight excluding hydrogens is 198 g/mol. The van der Waals surface area contributed by atoms with Gasteiger partial charge >= 0.3 is 0 Å². The highest BCUT2D eigenvalue weighted by molar-refractivity contribution is 5.81. The summed E-state index contributed by atoms with van der Waals surface area (Å²) in [5, 5.41) is 3.33. The molecule has 0 amide bonds. The van der Waals surface area contributed by atoms with Crippen LogP contribution in [0.25, 0.3) is 0 Å². The molecular formula is C14H27NO. The minimum absolute atomic E-state index is 0.310. The molecule has 2 heteroatoms. The van der Waals surface area contributed by atoms with Crippen molar-refractivity contribution in [2.75, 3.05) is 13.1 Å². The molecule has 1 saturated heterocycles. The molecule has 0 bridgehead atoms. The van der Waals surface area contributed by atoms with Gasteiger partial charge in [0.05, 0.1) is 0 Å². The van der Waals surface area contributed by atoms with Crippen LogP contribution in [0.15, 0.2) is 0 Å². The van der Waals surface area contributed by atoms with Crippen LogP contribution in [-0.4, -0.2) is 18.9 Å². The lowest BCUT2D eigenvalue weighted by Gasteiger charge is -2.23. The summed E-state index contributed by atoms with van der Waals surface area (Å²) in [7, 11) is 0. The van der Waals surface area contributed by atoms with Crippen LogP contribution in [0.1, 0.15) is 58.8 Å². The zero-order valence-electron chi connectivity index (χ0n) is 10.9. The average Bonchev–Trinajstić information content (AvgIpc) is 2.35. The van der Waals surface area contributed by atoms with Crippen molar-refractivity contribution in [2.24, 2.45) is 11.8 Å². The molecule has 2 nitrogen and oxygen atoms in total. The number of Topliss-reactive ketones (excluding diaryl/α,β-unsaturated/α-hetero) is 1. The highest BCUT2D eigenvalue weighted by atomic mass is 16.1. The average molecular weight is 225 g/mol. The fourth-order valence-electron chi connectivity index (χ4n) is 2.52. The molecule has 2 unspecified atom stereocenters.